The van der Waals surface area contributed by atoms with Crippen molar-refractivity contribution in [2.45, 2.75) is 44.7 Å². The molecular formula is C29H33ClFN3O5S. The molecule has 3 aromatic carbocycles. The third-order valence-electron chi connectivity index (χ3n) is 6.13. The first-order valence-corrected chi connectivity index (χ1v) is 14.7. The SMILES string of the molecule is CCCNC(=O)C(C)N(Cc1ccccc1F)C(=O)CN(c1ccccc1OCC)S(=O)(=O)c1ccc(Cl)cc1. The van der Waals surface area contributed by atoms with Crippen molar-refractivity contribution in [2.75, 3.05) is 24.0 Å². The summed E-state index contributed by atoms with van der Waals surface area (Å²) in [5.41, 5.74) is 0.328. The lowest BCUT2D eigenvalue weighted by Gasteiger charge is -2.32. The van der Waals surface area contributed by atoms with Gasteiger partial charge in [-0.1, -0.05) is 48.9 Å². The van der Waals surface area contributed by atoms with Crippen molar-refractivity contribution >= 4 is 39.1 Å². The van der Waals surface area contributed by atoms with Gasteiger partial charge in [-0.05, 0) is 62.7 Å². The first-order valence-electron chi connectivity index (χ1n) is 12.9. The normalized spacial score (nSPS) is 11.9. The van der Waals surface area contributed by atoms with E-state index in [1.165, 1.54) is 60.4 Å². The highest BCUT2D eigenvalue weighted by Gasteiger charge is 2.34. The topological polar surface area (TPSA) is 96.0 Å². The van der Waals surface area contributed by atoms with Crippen LogP contribution in [0.5, 0.6) is 5.75 Å². The Morgan fingerprint density at radius 2 is 1.65 bits per heavy atom. The van der Waals surface area contributed by atoms with Gasteiger partial charge in [0.25, 0.3) is 10.0 Å². The van der Waals surface area contributed by atoms with Crippen LogP contribution in [0.1, 0.15) is 32.8 Å². The van der Waals surface area contributed by atoms with Gasteiger partial charge < -0.3 is 15.0 Å². The van der Waals surface area contributed by atoms with Crippen LogP contribution in [0.15, 0.2) is 77.7 Å². The molecule has 3 rings (SSSR count). The highest BCUT2D eigenvalue weighted by Crippen LogP contribution is 2.33. The number of hydrogen-bond acceptors (Lipinski definition) is 5. The maximum absolute atomic E-state index is 14.6. The van der Waals surface area contributed by atoms with Crippen LogP contribution in [0.3, 0.4) is 0 Å². The lowest BCUT2D eigenvalue weighted by atomic mass is 10.1. The Hall–Kier alpha value is -3.63. The molecule has 0 aromatic heterocycles. The Labute approximate surface area is 239 Å². The predicted molar refractivity (Wildman–Crippen MR) is 153 cm³/mol. The van der Waals surface area contributed by atoms with Crippen molar-refractivity contribution in [3.63, 3.8) is 0 Å². The van der Waals surface area contributed by atoms with Gasteiger partial charge >= 0.3 is 0 Å². The standard InChI is InChI=1S/C29H33ClFN3O5S/c1-4-18-32-29(36)21(3)33(19-22-10-6-7-11-25(22)31)28(35)20-34(26-12-8-9-13-27(26)39-5-2)40(37,38)24-16-14-23(30)15-17-24/h6-17,21H,4-5,18-20H2,1-3H3,(H,32,36). The minimum Gasteiger partial charge on any atom is -0.492 e. The number of para-hydroxylation sites is 2. The number of amides is 2. The average molecular weight is 590 g/mol. The van der Waals surface area contributed by atoms with E-state index >= 15 is 0 Å². The smallest absolute Gasteiger partial charge is 0.264 e. The highest BCUT2D eigenvalue weighted by molar-refractivity contribution is 7.92. The Bertz CT molecular complexity index is 1420. The summed E-state index contributed by atoms with van der Waals surface area (Å²) in [6.07, 6.45) is 0.682. The molecule has 2 amide bonds. The van der Waals surface area contributed by atoms with E-state index in [-0.39, 0.29) is 35.0 Å². The number of nitrogens with one attached hydrogen (secondary N) is 1. The van der Waals surface area contributed by atoms with Crippen LogP contribution in [-0.4, -0.2) is 50.9 Å². The molecule has 0 heterocycles. The molecule has 3 aromatic rings. The molecule has 0 aliphatic carbocycles. The molecule has 0 aliphatic heterocycles. The number of rotatable bonds is 13. The first-order chi connectivity index (χ1) is 19.1. The minimum absolute atomic E-state index is 0.0922. The zero-order valence-corrected chi connectivity index (χ0v) is 24.2. The van der Waals surface area contributed by atoms with Gasteiger partial charge in [-0.25, -0.2) is 12.8 Å². The molecule has 0 aliphatic rings. The molecule has 0 fully saturated rings. The largest absolute Gasteiger partial charge is 0.492 e. The minimum atomic E-state index is -4.31. The summed E-state index contributed by atoms with van der Waals surface area (Å²) in [7, 11) is -4.31. The van der Waals surface area contributed by atoms with Gasteiger partial charge in [0.15, 0.2) is 0 Å². The number of nitrogens with zero attached hydrogens (tertiary/aromatic N) is 2. The van der Waals surface area contributed by atoms with Gasteiger partial charge in [0.2, 0.25) is 11.8 Å². The Balaban J connectivity index is 2.08. The lowest BCUT2D eigenvalue weighted by molar-refractivity contribution is -0.139. The molecule has 0 saturated carbocycles. The predicted octanol–water partition coefficient (Wildman–Crippen LogP) is 5.02. The Morgan fingerprint density at radius 3 is 2.30 bits per heavy atom. The molecule has 214 valence electrons. The van der Waals surface area contributed by atoms with Crippen LogP contribution >= 0.6 is 11.6 Å². The summed E-state index contributed by atoms with van der Waals surface area (Å²) in [6.45, 7) is 4.91. The lowest BCUT2D eigenvalue weighted by Crippen LogP contribution is -2.51. The maximum atomic E-state index is 14.6. The molecule has 1 unspecified atom stereocenters. The van der Waals surface area contributed by atoms with Gasteiger partial charge in [-0.2, -0.15) is 0 Å². The summed E-state index contributed by atoms with van der Waals surface area (Å²) in [5.74, 6) is -1.43. The van der Waals surface area contributed by atoms with Crippen molar-refractivity contribution in [1.29, 1.82) is 0 Å². The molecule has 11 heteroatoms. The van der Waals surface area contributed by atoms with Crippen LogP contribution in [0.4, 0.5) is 10.1 Å². The quantitative estimate of drug-likeness (QED) is 0.302. The Morgan fingerprint density at radius 1 is 1.00 bits per heavy atom. The van der Waals surface area contributed by atoms with Crippen molar-refractivity contribution in [1.82, 2.24) is 10.2 Å². The summed E-state index contributed by atoms with van der Waals surface area (Å²) < 4.78 is 49.1. The number of halogens is 2. The monoisotopic (exact) mass is 589 g/mol. The molecular weight excluding hydrogens is 557 g/mol. The zero-order valence-electron chi connectivity index (χ0n) is 22.6. The molecule has 0 bridgehead atoms. The van der Waals surface area contributed by atoms with Crippen molar-refractivity contribution < 1.29 is 27.1 Å². The second-order valence-electron chi connectivity index (χ2n) is 8.95. The van der Waals surface area contributed by atoms with Crippen LogP contribution in [0, 0.1) is 5.82 Å². The van der Waals surface area contributed by atoms with Crippen molar-refractivity contribution in [2.24, 2.45) is 0 Å². The number of carbonyl (C=O) groups excluding carboxylic acids is 2. The fraction of sp³-hybridized carbons (Fsp3) is 0.310. The van der Waals surface area contributed by atoms with Crippen LogP contribution in [0.2, 0.25) is 5.02 Å². The van der Waals surface area contributed by atoms with Gasteiger partial charge in [-0.15, -0.1) is 0 Å². The van der Waals surface area contributed by atoms with E-state index in [2.05, 4.69) is 5.32 Å². The van der Waals surface area contributed by atoms with Crippen LogP contribution < -0.4 is 14.4 Å². The summed E-state index contributed by atoms with van der Waals surface area (Å²) in [6, 6.07) is 16.9. The number of anilines is 1. The van der Waals surface area contributed by atoms with Crippen LogP contribution in [0.25, 0.3) is 0 Å². The van der Waals surface area contributed by atoms with E-state index in [9.17, 15) is 22.4 Å². The summed E-state index contributed by atoms with van der Waals surface area (Å²) in [4.78, 5) is 27.9. The van der Waals surface area contributed by atoms with E-state index < -0.39 is 40.2 Å². The average Bonchev–Trinajstić information content (AvgIpc) is 2.94. The fourth-order valence-electron chi connectivity index (χ4n) is 3.98. The fourth-order valence-corrected chi connectivity index (χ4v) is 5.53. The number of sulfonamides is 1. The Kier molecular flexibility index (Phi) is 10.9. The molecule has 0 radical (unpaired) electrons. The van der Waals surface area contributed by atoms with Crippen molar-refractivity contribution in [3.8, 4) is 5.75 Å². The third kappa shape index (κ3) is 7.51. The highest BCUT2D eigenvalue weighted by atomic mass is 35.5. The van der Waals surface area contributed by atoms with Gasteiger partial charge in [-0.3, -0.25) is 13.9 Å². The third-order valence-corrected chi connectivity index (χ3v) is 8.16. The van der Waals surface area contributed by atoms with E-state index in [0.29, 0.717) is 18.0 Å². The molecule has 0 spiro atoms. The number of benzene rings is 3. The second kappa shape index (κ2) is 14.1. The second-order valence-corrected chi connectivity index (χ2v) is 11.2. The molecule has 8 nitrogen and oxygen atoms in total. The van der Waals surface area contributed by atoms with E-state index in [0.717, 1.165) is 4.31 Å². The molecule has 1 N–H and O–H groups in total. The van der Waals surface area contributed by atoms with E-state index in [1.807, 2.05) is 6.92 Å². The number of ether oxygens (including phenoxy) is 1. The number of carbonyl (C=O) groups is 2. The molecule has 40 heavy (non-hydrogen) atoms. The summed E-state index contributed by atoms with van der Waals surface area (Å²) >= 11 is 5.98. The first kappa shape index (κ1) is 30.9. The summed E-state index contributed by atoms with van der Waals surface area (Å²) in [5, 5.41) is 3.10. The van der Waals surface area contributed by atoms with E-state index in [4.69, 9.17) is 16.3 Å². The molecule has 1 atom stereocenters. The van der Waals surface area contributed by atoms with Gasteiger partial charge in [0.05, 0.1) is 17.2 Å². The number of hydrogen-bond donors (Lipinski definition) is 1. The van der Waals surface area contributed by atoms with Crippen molar-refractivity contribution in [3.05, 3.63) is 89.2 Å². The van der Waals surface area contributed by atoms with Gasteiger partial charge in [0, 0.05) is 23.7 Å². The van der Waals surface area contributed by atoms with Gasteiger partial charge in [0.1, 0.15) is 24.2 Å². The maximum Gasteiger partial charge on any atom is 0.264 e. The molecule has 0 saturated heterocycles. The van der Waals surface area contributed by atoms with E-state index in [1.54, 1.807) is 31.2 Å². The zero-order chi connectivity index (χ0) is 29.3. The van der Waals surface area contributed by atoms with Crippen LogP contribution in [-0.2, 0) is 26.2 Å².